The Morgan fingerprint density at radius 2 is 2.36 bits per heavy atom. The summed E-state index contributed by atoms with van der Waals surface area (Å²) in [6.45, 7) is 0.538. The third kappa shape index (κ3) is 0.751. The predicted octanol–water partition coefficient (Wildman–Crippen LogP) is 0.328. The number of hydrogen-bond acceptors (Lipinski definition) is 2. The van der Waals surface area contributed by atoms with Crippen molar-refractivity contribution < 1.29 is 14.7 Å². The minimum Gasteiger partial charge on any atom is -0.465 e. The van der Waals surface area contributed by atoms with Crippen LogP contribution < -0.4 is 0 Å². The number of rotatable bonds is 0. The van der Waals surface area contributed by atoms with E-state index in [4.69, 9.17) is 5.11 Å². The highest BCUT2D eigenvalue weighted by Crippen LogP contribution is 2.37. The number of carboxylic acid groups (broad SMARTS) is 1. The van der Waals surface area contributed by atoms with Crippen LogP contribution >= 0.6 is 0 Å². The van der Waals surface area contributed by atoms with Crippen molar-refractivity contribution in [3.63, 3.8) is 0 Å². The van der Waals surface area contributed by atoms with Gasteiger partial charge in [0.2, 0.25) is 0 Å². The molecule has 4 nitrogen and oxygen atoms in total. The third-order valence-electron chi connectivity index (χ3n) is 2.62. The fourth-order valence-electron chi connectivity index (χ4n) is 1.92. The van der Waals surface area contributed by atoms with Crippen molar-refractivity contribution >= 4 is 11.9 Å². The molecule has 1 amide bonds. The van der Waals surface area contributed by atoms with Gasteiger partial charge in [-0.3, -0.25) is 4.79 Å². The third-order valence-corrected chi connectivity index (χ3v) is 2.62. The zero-order valence-electron chi connectivity index (χ0n) is 5.99. The monoisotopic (exact) mass is 155 g/mol. The molecule has 0 aromatic heterocycles. The van der Waals surface area contributed by atoms with Crippen LogP contribution in [0.1, 0.15) is 12.8 Å². The molecule has 0 aromatic carbocycles. The lowest BCUT2D eigenvalue weighted by atomic mass is 9.79. The van der Waals surface area contributed by atoms with Crippen LogP contribution in [-0.4, -0.2) is 34.5 Å². The Kier molecular flexibility index (Phi) is 1.19. The lowest BCUT2D eigenvalue weighted by molar-refractivity contribution is -0.131. The number of fused-ring (bicyclic) bond motifs is 1. The first kappa shape index (κ1) is 6.64. The van der Waals surface area contributed by atoms with E-state index in [-0.39, 0.29) is 17.7 Å². The molecular formula is C7H9NO3. The number of Topliss-reactive ketones (excluding diaryl/α,β-unsaturated/α-hetero) is 1. The molecule has 1 saturated carbocycles. The van der Waals surface area contributed by atoms with Crippen LogP contribution in [0.2, 0.25) is 0 Å². The lowest BCUT2D eigenvalue weighted by Crippen LogP contribution is -2.48. The molecular weight excluding hydrogens is 146 g/mol. The molecule has 60 valence electrons. The quantitative estimate of drug-likeness (QED) is 0.548. The standard InChI is InChI=1S/C7H9NO3/c9-6-3-5-4(6)1-2-8(5)7(10)11/h4-5H,1-3H2,(H,10,11)/t4-,5-/m0/s1. The van der Waals surface area contributed by atoms with Gasteiger partial charge in [-0.15, -0.1) is 0 Å². The molecule has 0 aromatic rings. The van der Waals surface area contributed by atoms with Crippen molar-refractivity contribution in [1.82, 2.24) is 4.90 Å². The molecule has 1 aliphatic heterocycles. The van der Waals surface area contributed by atoms with E-state index in [9.17, 15) is 9.59 Å². The second kappa shape index (κ2) is 1.96. The van der Waals surface area contributed by atoms with Crippen molar-refractivity contribution in [3.05, 3.63) is 0 Å². The molecule has 1 saturated heterocycles. The Hall–Kier alpha value is -1.06. The second-order valence-corrected chi connectivity index (χ2v) is 3.11. The van der Waals surface area contributed by atoms with E-state index >= 15 is 0 Å². The molecule has 0 spiro atoms. The molecule has 0 bridgehead atoms. The summed E-state index contributed by atoms with van der Waals surface area (Å²) in [5, 5.41) is 8.64. The number of carbonyl (C=O) groups is 2. The van der Waals surface area contributed by atoms with Gasteiger partial charge in [0.05, 0.1) is 6.04 Å². The number of nitrogens with zero attached hydrogens (tertiary/aromatic N) is 1. The van der Waals surface area contributed by atoms with E-state index in [1.54, 1.807) is 0 Å². The molecule has 1 N–H and O–H groups in total. The average molecular weight is 155 g/mol. The molecule has 11 heavy (non-hydrogen) atoms. The summed E-state index contributed by atoms with van der Waals surface area (Å²) < 4.78 is 0. The Morgan fingerprint density at radius 3 is 2.82 bits per heavy atom. The first-order chi connectivity index (χ1) is 5.20. The van der Waals surface area contributed by atoms with Gasteiger partial charge in [0.25, 0.3) is 0 Å². The van der Waals surface area contributed by atoms with Gasteiger partial charge < -0.3 is 10.0 Å². The van der Waals surface area contributed by atoms with E-state index in [0.29, 0.717) is 13.0 Å². The van der Waals surface area contributed by atoms with Gasteiger partial charge in [0.1, 0.15) is 5.78 Å². The highest BCUT2D eigenvalue weighted by atomic mass is 16.4. The van der Waals surface area contributed by atoms with Crippen LogP contribution in [0.25, 0.3) is 0 Å². The summed E-state index contributed by atoms with van der Waals surface area (Å²) in [4.78, 5) is 22.8. The van der Waals surface area contributed by atoms with E-state index in [0.717, 1.165) is 6.42 Å². The summed E-state index contributed by atoms with van der Waals surface area (Å²) in [7, 11) is 0. The van der Waals surface area contributed by atoms with Gasteiger partial charge >= 0.3 is 6.09 Å². The molecule has 0 radical (unpaired) electrons. The molecule has 2 atom stereocenters. The van der Waals surface area contributed by atoms with Crippen molar-refractivity contribution in [3.8, 4) is 0 Å². The maximum absolute atomic E-state index is 10.9. The fraction of sp³-hybridized carbons (Fsp3) is 0.714. The summed E-state index contributed by atoms with van der Waals surface area (Å²) in [6.07, 6.45) is 0.289. The predicted molar refractivity (Wildman–Crippen MR) is 36.2 cm³/mol. The first-order valence-electron chi connectivity index (χ1n) is 3.72. The zero-order valence-corrected chi connectivity index (χ0v) is 5.99. The van der Waals surface area contributed by atoms with Gasteiger partial charge in [-0.2, -0.15) is 0 Å². The van der Waals surface area contributed by atoms with Gasteiger partial charge in [0, 0.05) is 18.9 Å². The van der Waals surface area contributed by atoms with Gasteiger partial charge in [-0.05, 0) is 6.42 Å². The zero-order chi connectivity index (χ0) is 8.01. The number of amides is 1. The normalized spacial score (nSPS) is 34.9. The van der Waals surface area contributed by atoms with E-state index in [2.05, 4.69) is 0 Å². The Labute approximate surface area is 63.8 Å². The molecule has 2 aliphatic rings. The number of likely N-dealkylation sites (tertiary alicyclic amines) is 1. The number of carbonyl (C=O) groups excluding carboxylic acids is 1. The molecule has 1 heterocycles. The maximum Gasteiger partial charge on any atom is 0.407 e. The summed E-state index contributed by atoms with van der Waals surface area (Å²) in [5.41, 5.74) is 0. The molecule has 2 fully saturated rings. The summed E-state index contributed by atoms with van der Waals surface area (Å²) >= 11 is 0. The highest BCUT2D eigenvalue weighted by molar-refractivity contribution is 5.90. The van der Waals surface area contributed by atoms with Gasteiger partial charge in [0.15, 0.2) is 0 Å². The van der Waals surface area contributed by atoms with Crippen LogP contribution in [0, 0.1) is 5.92 Å². The molecule has 2 rings (SSSR count). The van der Waals surface area contributed by atoms with E-state index in [1.807, 2.05) is 0 Å². The van der Waals surface area contributed by atoms with Crippen molar-refractivity contribution in [2.45, 2.75) is 18.9 Å². The molecule has 0 unspecified atom stereocenters. The summed E-state index contributed by atoms with van der Waals surface area (Å²) in [6, 6.07) is 0.0139. The Balaban J connectivity index is 2.09. The van der Waals surface area contributed by atoms with Crippen LogP contribution in [0.4, 0.5) is 4.79 Å². The largest absolute Gasteiger partial charge is 0.465 e. The SMILES string of the molecule is O=C1C[C@H]2[C@@H]1CCN2C(=O)O. The van der Waals surface area contributed by atoms with Gasteiger partial charge in [-0.25, -0.2) is 4.79 Å². The maximum atomic E-state index is 10.9. The molecule has 4 heteroatoms. The number of ketones is 1. The van der Waals surface area contributed by atoms with E-state index < -0.39 is 6.09 Å². The minimum absolute atomic E-state index is 0.0139. The van der Waals surface area contributed by atoms with Gasteiger partial charge in [-0.1, -0.05) is 0 Å². The topological polar surface area (TPSA) is 57.6 Å². The Bertz CT molecular complexity index is 226. The smallest absolute Gasteiger partial charge is 0.407 e. The van der Waals surface area contributed by atoms with Crippen molar-refractivity contribution in [2.75, 3.05) is 6.54 Å². The second-order valence-electron chi connectivity index (χ2n) is 3.11. The Morgan fingerprint density at radius 1 is 1.64 bits per heavy atom. The lowest BCUT2D eigenvalue weighted by Gasteiger charge is -2.32. The van der Waals surface area contributed by atoms with Crippen LogP contribution in [0.15, 0.2) is 0 Å². The average Bonchev–Trinajstić information content (AvgIpc) is 2.25. The van der Waals surface area contributed by atoms with Crippen LogP contribution in [0.5, 0.6) is 0 Å². The summed E-state index contributed by atoms with van der Waals surface area (Å²) in [5.74, 6) is 0.268. The fourth-order valence-corrected chi connectivity index (χ4v) is 1.92. The minimum atomic E-state index is -0.884. The van der Waals surface area contributed by atoms with Crippen molar-refractivity contribution in [2.24, 2.45) is 5.92 Å². The first-order valence-corrected chi connectivity index (χ1v) is 3.72. The van der Waals surface area contributed by atoms with E-state index in [1.165, 1.54) is 4.90 Å². The number of hydrogen-bond donors (Lipinski definition) is 1. The molecule has 1 aliphatic carbocycles. The van der Waals surface area contributed by atoms with Crippen molar-refractivity contribution in [1.29, 1.82) is 0 Å². The van der Waals surface area contributed by atoms with Crippen LogP contribution in [-0.2, 0) is 4.79 Å². The highest BCUT2D eigenvalue weighted by Gasteiger charge is 2.49. The van der Waals surface area contributed by atoms with Crippen LogP contribution in [0.3, 0.4) is 0 Å².